The van der Waals surface area contributed by atoms with E-state index in [4.69, 9.17) is 4.74 Å². The third kappa shape index (κ3) is 13.5. The van der Waals surface area contributed by atoms with Gasteiger partial charge in [-0.25, -0.2) is 9.78 Å². The van der Waals surface area contributed by atoms with Crippen LogP contribution < -0.4 is 26.6 Å². The molecule has 358 valence electrons. The summed E-state index contributed by atoms with van der Waals surface area (Å²) in [7, 11) is 3.08. The van der Waals surface area contributed by atoms with Gasteiger partial charge in [0.1, 0.15) is 29.4 Å². The van der Waals surface area contributed by atoms with Crippen molar-refractivity contribution >= 4 is 53.2 Å². The highest BCUT2D eigenvalue weighted by Crippen LogP contribution is 2.30. The molecule has 0 spiro atoms. The van der Waals surface area contributed by atoms with E-state index in [0.29, 0.717) is 37.7 Å². The molecule has 0 radical (unpaired) electrons. The van der Waals surface area contributed by atoms with Crippen LogP contribution in [0.5, 0.6) is 0 Å². The first-order valence-electron chi connectivity index (χ1n) is 22.7. The maximum atomic E-state index is 14.4. The van der Waals surface area contributed by atoms with Gasteiger partial charge >= 0.3 is 6.09 Å². The largest absolute Gasteiger partial charge is 0.444 e. The number of hydrogen-bond donors (Lipinski definition) is 5. The number of likely N-dealkylation sites (tertiary alicyclic amines) is 2. The van der Waals surface area contributed by atoms with Crippen LogP contribution in [0, 0.1) is 11.8 Å². The summed E-state index contributed by atoms with van der Waals surface area (Å²) in [5.74, 6) is -6.82. The first-order valence-corrected chi connectivity index (χ1v) is 22.7. The lowest BCUT2D eigenvalue weighted by atomic mass is 9.83. The quantitative estimate of drug-likeness (QED) is 0.141. The first kappa shape index (κ1) is 50.5. The summed E-state index contributed by atoms with van der Waals surface area (Å²) in [5.41, 5.74) is -0.312. The topological polar surface area (TPSA) is 259 Å². The van der Waals surface area contributed by atoms with Gasteiger partial charge in [-0.15, -0.1) is 0 Å². The average molecular weight is 917 g/mol. The van der Waals surface area contributed by atoms with Crippen molar-refractivity contribution in [2.75, 3.05) is 40.3 Å². The molecule has 6 atom stereocenters. The van der Waals surface area contributed by atoms with Crippen molar-refractivity contribution in [2.24, 2.45) is 11.8 Å². The molecule has 66 heavy (non-hydrogen) atoms. The molecule has 5 N–H and O–H groups in total. The number of benzene rings is 1. The Balaban J connectivity index is 1.28. The van der Waals surface area contributed by atoms with Crippen molar-refractivity contribution in [3.05, 3.63) is 60.2 Å². The van der Waals surface area contributed by atoms with Gasteiger partial charge in [-0.1, -0.05) is 62.9 Å². The Morgan fingerprint density at radius 2 is 1.58 bits per heavy atom. The van der Waals surface area contributed by atoms with Gasteiger partial charge in [0, 0.05) is 46.1 Å². The zero-order valence-corrected chi connectivity index (χ0v) is 38.7. The lowest BCUT2D eigenvalue weighted by molar-refractivity contribution is -0.142. The number of likely N-dealkylation sites (N-methyl/N-ethyl adjacent to an activating group) is 1. The third-order valence-electron chi connectivity index (χ3n) is 11.9. The predicted octanol–water partition coefficient (Wildman–Crippen LogP) is 1.41. The van der Waals surface area contributed by atoms with Crippen LogP contribution >= 0.6 is 0 Å². The van der Waals surface area contributed by atoms with E-state index in [-0.39, 0.29) is 37.7 Å². The van der Waals surface area contributed by atoms with E-state index in [2.05, 4.69) is 36.6 Å². The van der Waals surface area contributed by atoms with Crippen molar-refractivity contribution in [1.29, 1.82) is 0 Å². The van der Waals surface area contributed by atoms with Crippen LogP contribution in [0.3, 0.4) is 0 Å². The normalized spacial score (nSPS) is 19.9. The van der Waals surface area contributed by atoms with Crippen LogP contribution in [0.15, 0.2) is 48.9 Å². The molecule has 1 aromatic heterocycles. The smallest absolute Gasteiger partial charge is 0.410 e. The Labute approximate surface area is 385 Å². The first-order chi connectivity index (χ1) is 31.4. The summed E-state index contributed by atoms with van der Waals surface area (Å²) in [6, 6.07) is 3.28. The summed E-state index contributed by atoms with van der Waals surface area (Å²) < 4.78 is 5.59. The summed E-state index contributed by atoms with van der Waals surface area (Å²) in [5, 5.41) is 13.4. The van der Waals surface area contributed by atoms with Crippen molar-refractivity contribution < 1.29 is 47.9 Å². The second-order valence-electron chi connectivity index (χ2n) is 18.3. The number of nitrogens with one attached hydrogen (secondary N) is 5. The van der Waals surface area contributed by atoms with Crippen LogP contribution in [0.4, 0.5) is 4.79 Å². The van der Waals surface area contributed by atoms with E-state index in [9.17, 15) is 43.2 Å². The maximum Gasteiger partial charge on any atom is 0.410 e. The minimum atomic E-state index is -1.33. The van der Waals surface area contributed by atoms with Crippen LogP contribution in [-0.2, 0) is 38.3 Å². The van der Waals surface area contributed by atoms with Gasteiger partial charge in [-0.3, -0.25) is 43.3 Å². The molecule has 3 heterocycles. The molecule has 1 saturated carbocycles. The van der Waals surface area contributed by atoms with E-state index in [1.54, 1.807) is 58.0 Å². The predicted molar refractivity (Wildman–Crippen MR) is 239 cm³/mol. The second-order valence-corrected chi connectivity index (χ2v) is 18.3. The summed E-state index contributed by atoms with van der Waals surface area (Å²) >= 11 is 0. The van der Waals surface area contributed by atoms with E-state index in [1.165, 1.54) is 47.4 Å². The highest BCUT2D eigenvalue weighted by atomic mass is 16.6. The highest BCUT2D eigenvalue weighted by molar-refractivity contribution is 6.38. The number of ether oxygens (including phenoxy) is 1. The van der Waals surface area contributed by atoms with Gasteiger partial charge in [0.05, 0.1) is 30.7 Å². The monoisotopic (exact) mass is 916 g/mol. The molecule has 1 aromatic carbocycles. The minimum Gasteiger partial charge on any atom is -0.444 e. The Morgan fingerprint density at radius 3 is 2.21 bits per heavy atom. The molecule has 8 amide bonds. The number of amides is 8. The van der Waals surface area contributed by atoms with Gasteiger partial charge in [-0.2, -0.15) is 0 Å². The Kier molecular flexibility index (Phi) is 17.7. The molecule has 20 heteroatoms. The van der Waals surface area contributed by atoms with E-state index in [0.717, 1.165) is 19.3 Å². The number of Topliss-reactive ketones (excluding diaryl/α,β-unsaturated/α-hetero) is 1. The summed E-state index contributed by atoms with van der Waals surface area (Å²) in [6.45, 7) is 6.09. The number of aromatic nitrogens is 2. The third-order valence-corrected chi connectivity index (χ3v) is 11.9. The number of ketones is 1. The van der Waals surface area contributed by atoms with Gasteiger partial charge in [0.15, 0.2) is 0 Å². The summed E-state index contributed by atoms with van der Waals surface area (Å²) in [4.78, 5) is 134. The zero-order valence-electron chi connectivity index (χ0n) is 38.7. The molecule has 20 nitrogen and oxygen atoms in total. The molecular formula is C46H64N10O10. The summed E-state index contributed by atoms with van der Waals surface area (Å²) in [6.07, 6.45) is 8.87. The SMILES string of the molecule is CCC[C@H](NC(=O)[C@@H]1CN(C(=O)OC(C)(C)C)C[C@@H]1NC(=O)[C@@H]1CCCN1C(=O)[C@H](NC(=O)c1cnccn1)C1CCCCC1)C(=O)C(=O)NCC(=O)N[C@H](C(=O)N(C)C)c1ccccc1. The fourth-order valence-electron chi connectivity index (χ4n) is 8.58. The van der Waals surface area contributed by atoms with Gasteiger partial charge in [0.25, 0.3) is 11.8 Å². The number of hydrogen-bond acceptors (Lipinski definition) is 12. The van der Waals surface area contributed by atoms with E-state index in [1.807, 2.05) is 0 Å². The molecule has 2 saturated heterocycles. The maximum absolute atomic E-state index is 14.4. The minimum absolute atomic E-state index is 0.0474. The van der Waals surface area contributed by atoms with Crippen molar-refractivity contribution in [1.82, 2.24) is 51.3 Å². The molecule has 3 fully saturated rings. The molecular weight excluding hydrogens is 853 g/mol. The molecule has 2 aliphatic heterocycles. The molecule has 5 rings (SSSR count). The zero-order chi connectivity index (χ0) is 48.1. The molecule has 3 aliphatic rings. The van der Waals surface area contributed by atoms with Crippen molar-refractivity contribution in [3.63, 3.8) is 0 Å². The van der Waals surface area contributed by atoms with E-state index >= 15 is 0 Å². The van der Waals surface area contributed by atoms with Crippen molar-refractivity contribution in [2.45, 2.75) is 121 Å². The van der Waals surface area contributed by atoms with Crippen molar-refractivity contribution in [3.8, 4) is 0 Å². The fraction of sp³-hybridized carbons (Fsp3) is 0.587. The highest BCUT2D eigenvalue weighted by Gasteiger charge is 2.46. The standard InChI is InChI=1S/C46H64N10O10/c1-7-15-31(38(58)42(62)49-25-35(57)52-36(43(63)54(5)6)28-16-10-8-11-17-28)50-39(59)30-26-55(45(65)66-46(2,3)4)27-33(30)51-41(61)34-20-14-23-56(34)44(64)37(29-18-12-9-13-19-29)53-40(60)32-24-47-21-22-48-32/h8,10-11,16-17,21-22,24,29-31,33-34,36-37H,7,9,12-15,18-20,23,25-27H2,1-6H3,(H,49,62)(H,50,59)(H,51,61)(H,52,57)(H,53,60)/t30-,31+,33+,34+,36+,37-/m1/s1. The van der Waals surface area contributed by atoms with Crippen LogP contribution in [-0.4, -0.2) is 148 Å². The molecule has 0 unspecified atom stereocenters. The Hall–Kier alpha value is -6.47. The van der Waals surface area contributed by atoms with Gasteiger partial charge in [-0.05, 0) is 64.4 Å². The van der Waals surface area contributed by atoms with Gasteiger partial charge < -0.3 is 46.0 Å². The number of rotatable bonds is 17. The Morgan fingerprint density at radius 1 is 0.864 bits per heavy atom. The van der Waals surface area contributed by atoms with E-state index < -0.39 is 101 Å². The number of nitrogens with zero attached hydrogens (tertiary/aromatic N) is 5. The number of carbonyl (C=O) groups is 9. The lowest BCUT2D eigenvalue weighted by Gasteiger charge is -2.35. The van der Waals surface area contributed by atoms with Gasteiger partial charge in [0.2, 0.25) is 35.3 Å². The fourth-order valence-corrected chi connectivity index (χ4v) is 8.58. The molecule has 1 aliphatic carbocycles. The average Bonchev–Trinajstić information content (AvgIpc) is 3.97. The van der Waals surface area contributed by atoms with Crippen LogP contribution in [0.1, 0.15) is 108 Å². The molecule has 2 aromatic rings. The lowest BCUT2D eigenvalue weighted by Crippen LogP contribution is -2.58. The molecule has 0 bridgehead atoms. The van der Waals surface area contributed by atoms with Crippen LogP contribution in [0.2, 0.25) is 0 Å². The number of carbonyl (C=O) groups excluding carboxylic acids is 9. The Bertz CT molecular complexity index is 2080. The van der Waals surface area contributed by atoms with Crippen LogP contribution in [0.25, 0.3) is 0 Å². The second kappa shape index (κ2) is 23.1.